The zero-order valence-corrected chi connectivity index (χ0v) is 19.7. The Morgan fingerprint density at radius 2 is 2.22 bits per heavy atom. The summed E-state index contributed by atoms with van der Waals surface area (Å²) in [6.45, 7) is 1.04. The highest BCUT2D eigenvalue weighted by atomic mass is 19.1. The molecule has 13 heteroatoms. The van der Waals surface area contributed by atoms with Crippen LogP contribution in [0, 0.1) is 18.3 Å². The molecule has 36 heavy (non-hydrogen) atoms. The summed E-state index contributed by atoms with van der Waals surface area (Å²) in [5, 5.41) is 35.4. The molecule has 1 aromatic carbocycles. The Kier molecular flexibility index (Phi) is 7.37. The normalized spacial score (nSPS) is 18.4. The van der Waals surface area contributed by atoms with Gasteiger partial charge < -0.3 is 25.2 Å². The number of aliphatic hydroxyl groups excluding tert-OH is 2. The molecular weight excluding hydrogens is 471 g/mol. The monoisotopic (exact) mass is 496 g/mol. The van der Waals surface area contributed by atoms with E-state index < -0.39 is 30.9 Å². The number of anilines is 2. The van der Waals surface area contributed by atoms with Crippen molar-refractivity contribution in [2.45, 2.75) is 31.7 Å². The predicted octanol–water partition coefficient (Wildman–Crippen LogP) is 0.867. The first-order chi connectivity index (χ1) is 17.3. The van der Waals surface area contributed by atoms with Crippen LogP contribution in [0.1, 0.15) is 17.7 Å². The molecule has 2 aromatic heterocycles. The number of aryl methyl sites for hydroxylation is 1. The van der Waals surface area contributed by atoms with Gasteiger partial charge in [0.25, 0.3) is 5.91 Å². The number of halogens is 1. The minimum atomic E-state index is -1.58. The van der Waals surface area contributed by atoms with E-state index in [1.165, 1.54) is 6.33 Å². The summed E-state index contributed by atoms with van der Waals surface area (Å²) in [5.41, 5.74) is 2.36. The molecule has 188 valence electrons. The van der Waals surface area contributed by atoms with Crippen molar-refractivity contribution in [2.24, 2.45) is 7.05 Å². The first-order valence-electron chi connectivity index (χ1n) is 11.2. The number of rotatable bonds is 7. The standard InChI is InChI=1S/C23H25FN8O4/c1-13-17(9-28-31(13)2)29-23-27-12-26-21(30-23)14-3-4-19(15(7-14)8-25)36-20-5-6-32(10-16(20)24)22(35)18(34)11-33/h3-4,7,9,12,16,18,20,33-34H,5-6,10-11H2,1-2H3,(H,26,27,29,30)/t16-,18?,20+/m1/s1. The number of amides is 1. The van der Waals surface area contributed by atoms with Gasteiger partial charge in [0.1, 0.15) is 24.3 Å². The van der Waals surface area contributed by atoms with Crippen LogP contribution in [0.3, 0.4) is 0 Å². The minimum absolute atomic E-state index is 0.151. The number of nitrogens with one attached hydrogen (secondary N) is 1. The number of hydrogen-bond donors (Lipinski definition) is 3. The maximum atomic E-state index is 14.8. The van der Waals surface area contributed by atoms with Crippen molar-refractivity contribution in [3.05, 3.63) is 42.0 Å². The van der Waals surface area contributed by atoms with Gasteiger partial charge in [0.15, 0.2) is 18.1 Å². The number of aromatic nitrogens is 5. The molecule has 1 aliphatic heterocycles. The van der Waals surface area contributed by atoms with Crippen LogP contribution < -0.4 is 10.1 Å². The number of aliphatic hydroxyl groups is 2. The first-order valence-corrected chi connectivity index (χ1v) is 11.2. The van der Waals surface area contributed by atoms with Gasteiger partial charge in [-0.3, -0.25) is 9.48 Å². The highest BCUT2D eigenvalue weighted by Gasteiger charge is 2.35. The molecule has 0 aliphatic carbocycles. The molecule has 0 saturated carbocycles. The molecule has 3 heterocycles. The van der Waals surface area contributed by atoms with E-state index in [0.717, 1.165) is 16.3 Å². The first kappa shape index (κ1) is 25.0. The minimum Gasteiger partial charge on any atom is -0.486 e. The van der Waals surface area contributed by atoms with E-state index in [4.69, 9.17) is 9.84 Å². The van der Waals surface area contributed by atoms with Crippen molar-refractivity contribution >= 4 is 17.5 Å². The molecule has 3 atom stereocenters. The lowest BCUT2D eigenvalue weighted by atomic mass is 10.0. The van der Waals surface area contributed by atoms with Crippen LogP contribution in [0.2, 0.25) is 0 Å². The maximum absolute atomic E-state index is 14.8. The van der Waals surface area contributed by atoms with Gasteiger partial charge in [-0.25, -0.2) is 14.4 Å². The fourth-order valence-electron chi connectivity index (χ4n) is 3.76. The fraction of sp³-hybridized carbons (Fsp3) is 0.391. The van der Waals surface area contributed by atoms with Crippen molar-refractivity contribution in [1.82, 2.24) is 29.6 Å². The molecule has 4 rings (SSSR count). The van der Waals surface area contributed by atoms with Crippen molar-refractivity contribution in [2.75, 3.05) is 25.0 Å². The number of ether oxygens (including phenoxy) is 1. The summed E-state index contributed by atoms with van der Waals surface area (Å²) in [7, 11) is 1.82. The van der Waals surface area contributed by atoms with Gasteiger partial charge in [-0.2, -0.15) is 15.3 Å². The Morgan fingerprint density at radius 1 is 1.42 bits per heavy atom. The zero-order chi connectivity index (χ0) is 25.8. The molecule has 1 amide bonds. The second-order valence-corrected chi connectivity index (χ2v) is 8.29. The topological polar surface area (TPSA) is 162 Å². The summed E-state index contributed by atoms with van der Waals surface area (Å²) >= 11 is 0. The van der Waals surface area contributed by atoms with Crippen LogP contribution in [0.15, 0.2) is 30.7 Å². The van der Waals surface area contributed by atoms with Gasteiger partial charge in [0, 0.05) is 25.6 Å². The molecule has 3 N–H and O–H groups in total. The van der Waals surface area contributed by atoms with E-state index in [-0.39, 0.29) is 30.8 Å². The Bertz CT molecular complexity index is 1290. The predicted molar refractivity (Wildman–Crippen MR) is 125 cm³/mol. The van der Waals surface area contributed by atoms with Crippen LogP contribution in [-0.4, -0.2) is 83.8 Å². The number of nitriles is 1. The molecule has 3 aromatic rings. The third-order valence-corrected chi connectivity index (χ3v) is 5.94. The lowest BCUT2D eigenvalue weighted by molar-refractivity contribution is -0.146. The summed E-state index contributed by atoms with van der Waals surface area (Å²) in [4.78, 5) is 25.9. The third kappa shape index (κ3) is 5.24. The number of carbonyl (C=O) groups is 1. The number of nitrogens with zero attached hydrogens (tertiary/aromatic N) is 7. The SMILES string of the molecule is Cc1c(Nc2ncnc(-c3ccc(O[C@H]4CCN(C(=O)C(O)CO)C[C@H]4F)c(C#N)c3)n2)cnn1C. The molecule has 0 bridgehead atoms. The molecule has 12 nitrogen and oxygen atoms in total. The number of carbonyl (C=O) groups excluding carboxylic acids is 1. The molecule has 1 aliphatic rings. The van der Waals surface area contributed by atoms with Crippen LogP contribution in [0.4, 0.5) is 16.0 Å². The quantitative estimate of drug-likeness (QED) is 0.428. The molecule has 1 fully saturated rings. The Balaban J connectivity index is 1.47. The van der Waals surface area contributed by atoms with E-state index in [1.807, 2.05) is 14.0 Å². The van der Waals surface area contributed by atoms with Gasteiger partial charge in [-0.1, -0.05) is 0 Å². The van der Waals surface area contributed by atoms with E-state index in [0.29, 0.717) is 17.3 Å². The number of piperidine rings is 1. The fourth-order valence-corrected chi connectivity index (χ4v) is 3.76. The van der Waals surface area contributed by atoms with Crippen LogP contribution in [-0.2, 0) is 11.8 Å². The van der Waals surface area contributed by atoms with Gasteiger partial charge in [0.05, 0.1) is 36.3 Å². The highest BCUT2D eigenvalue weighted by Crippen LogP contribution is 2.28. The van der Waals surface area contributed by atoms with E-state index in [1.54, 1.807) is 29.1 Å². The maximum Gasteiger partial charge on any atom is 0.253 e. The summed E-state index contributed by atoms with van der Waals surface area (Å²) in [6, 6.07) is 6.81. The molecular formula is C23H25FN8O4. The second kappa shape index (κ2) is 10.6. The largest absolute Gasteiger partial charge is 0.486 e. The zero-order valence-electron chi connectivity index (χ0n) is 19.7. The third-order valence-electron chi connectivity index (χ3n) is 5.94. The van der Waals surface area contributed by atoms with E-state index in [2.05, 4.69) is 31.4 Å². The number of alkyl halides is 1. The van der Waals surface area contributed by atoms with Crippen LogP contribution >= 0.6 is 0 Å². The smallest absolute Gasteiger partial charge is 0.253 e. The molecule has 0 spiro atoms. The van der Waals surface area contributed by atoms with Gasteiger partial charge in [-0.15, -0.1) is 0 Å². The van der Waals surface area contributed by atoms with Crippen molar-refractivity contribution in [3.8, 4) is 23.2 Å². The van der Waals surface area contributed by atoms with Gasteiger partial charge in [0.2, 0.25) is 5.95 Å². The van der Waals surface area contributed by atoms with Crippen molar-refractivity contribution < 1.29 is 24.1 Å². The summed E-state index contributed by atoms with van der Waals surface area (Å²) in [6.07, 6.45) is -0.822. The molecule has 1 saturated heterocycles. The molecule has 0 radical (unpaired) electrons. The summed E-state index contributed by atoms with van der Waals surface area (Å²) in [5.74, 6) is 0.102. The van der Waals surface area contributed by atoms with Gasteiger partial charge >= 0.3 is 0 Å². The van der Waals surface area contributed by atoms with E-state index in [9.17, 15) is 19.6 Å². The average molecular weight is 497 g/mol. The number of likely N-dealkylation sites (tertiary alicyclic amines) is 1. The van der Waals surface area contributed by atoms with E-state index >= 15 is 0 Å². The van der Waals surface area contributed by atoms with Crippen molar-refractivity contribution in [3.63, 3.8) is 0 Å². The number of hydrogen-bond acceptors (Lipinski definition) is 10. The summed E-state index contributed by atoms with van der Waals surface area (Å²) < 4.78 is 22.3. The molecule has 1 unspecified atom stereocenters. The van der Waals surface area contributed by atoms with Crippen LogP contribution in [0.25, 0.3) is 11.4 Å². The Labute approximate surface area is 206 Å². The van der Waals surface area contributed by atoms with Crippen molar-refractivity contribution in [1.29, 1.82) is 5.26 Å². The van der Waals surface area contributed by atoms with Crippen LogP contribution in [0.5, 0.6) is 5.75 Å². The Morgan fingerprint density at radius 3 is 2.89 bits per heavy atom. The lowest BCUT2D eigenvalue weighted by Gasteiger charge is -2.35. The van der Waals surface area contributed by atoms with Gasteiger partial charge in [-0.05, 0) is 25.1 Å². The Hall–Kier alpha value is -4.15. The number of benzene rings is 1. The highest BCUT2D eigenvalue weighted by molar-refractivity contribution is 5.81. The second-order valence-electron chi connectivity index (χ2n) is 8.29. The average Bonchev–Trinajstić information content (AvgIpc) is 3.21. The lowest BCUT2D eigenvalue weighted by Crippen LogP contribution is -2.52.